The molecule has 3 radical (unpaired) electrons. The topological polar surface area (TPSA) is 71.1 Å². The average Bonchev–Trinajstić information content (AvgIpc) is 2.52. The van der Waals surface area contributed by atoms with Crippen molar-refractivity contribution in [3.05, 3.63) is 0 Å². The molecule has 6 nitrogen and oxygen atoms in total. The molecule has 17 heavy (non-hydrogen) atoms. The van der Waals surface area contributed by atoms with Gasteiger partial charge in [0.15, 0.2) is 18.0 Å². The summed E-state index contributed by atoms with van der Waals surface area (Å²) in [5, 5.41) is 0. The summed E-state index contributed by atoms with van der Waals surface area (Å²) >= 11 is 0. The van der Waals surface area contributed by atoms with E-state index in [-0.39, 0.29) is 39.4 Å². The number of methoxy groups -OCH3 is 2. The van der Waals surface area contributed by atoms with E-state index in [2.05, 4.69) is 9.47 Å². The largest absolute Gasteiger partial charge is 1.00 e. The fourth-order valence-electron chi connectivity index (χ4n) is 1.34. The number of carbonyl (C=O) groups excluding carboxylic acids is 2. The van der Waals surface area contributed by atoms with Gasteiger partial charge in [-0.2, -0.15) is 0 Å². The molecule has 0 aliphatic carbocycles. The van der Waals surface area contributed by atoms with Gasteiger partial charge in [-0.25, -0.2) is 9.59 Å². The Morgan fingerprint density at radius 2 is 1.35 bits per heavy atom. The van der Waals surface area contributed by atoms with Gasteiger partial charge in [0.25, 0.3) is 0 Å². The van der Waals surface area contributed by atoms with E-state index >= 15 is 0 Å². The van der Waals surface area contributed by atoms with Crippen LogP contribution in [0.4, 0.5) is 0 Å². The number of ether oxygens (including phenoxy) is 4. The second-order valence-electron chi connectivity index (χ2n) is 3.52. The molecule has 2 atom stereocenters. The Morgan fingerprint density at radius 1 is 1.06 bits per heavy atom. The van der Waals surface area contributed by atoms with E-state index in [0.29, 0.717) is 0 Å². The van der Waals surface area contributed by atoms with E-state index in [1.54, 1.807) is 13.8 Å². The van der Waals surface area contributed by atoms with Crippen LogP contribution in [0.1, 0.15) is 15.3 Å². The molecule has 0 saturated carbocycles. The van der Waals surface area contributed by atoms with Gasteiger partial charge in [0.1, 0.15) is 0 Å². The van der Waals surface area contributed by atoms with Crippen molar-refractivity contribution in [3.63, 3.8) is 0 Å². The van der Waals surface area contributed by atoms with Gasteiger partial charge in [-0.15, -0.1) is 0 Å². The fourth-order valence-corrected chi connectivity index (χ4v) is 1.34. The van der Waals surface area contributed by atoms with Crippen LogP contribution in [0.15, 0.2) is 0 Å². The van der Waals surface area contributed by atoms with Crippen LogP contribution in [0, 0.1) is 0 Å². The van der Waals surface area contributed by atoms with Crippen LogP contribution < -0.4 is 29.6 Å². The minimum atomic E-state index is -1.07. The Morgan fingerprint density at radius 3 is 1.59 bits per heavy atom. The molecule has 1 rings (SSSR count). The predicted molar refractivity (Wildman–Crippen MR) is 54.7 cm³/mol. The van der Waals surface area contributed by atoms with Crippen LogP contribution in [-0.4, -0.2) is 52.6 Å². The molecule has 1 aliphatic heterocycles. The zero-order valence-electron chi connectivity index (χ0n) is 11.7. The molecule has 0 aromatic carbocycles. The molecule has 8 heteroatoms. The zero-order chi connectivity index (χ0) is 11.6. The Bertz CT molecular complexity index is 262. The van der Waals surface area contributed by atoms with E-state index in [9.17, 15) is 9.59 Å². The third-order valence-corrected chi connectivity index (χ3v) is 1.96. The molecule has 0 unspecified atom stereocenters. The molecule has 0 N–H and O–H groups in total. The van der Waals surface area contributed by atoms with Crippen LogP contribution in [0.25, 0.3) is 0 Å². The normalized spacial score (nSPS) is 25.2. The van der Waals surface area contributed by atoms with Gasteiger partial charge in [-0.05, 0) is 13.8 Å². The van der Waals surface area contributed by atoms with Crippen molar-refractivity contribution in [2.75, 3.05) is 14.2 Å². The van der Waals surface area contributed by atoms with Crippen LogP contribution in [0.2, 0.25) is 0 Å². The molecule has 0 amide bonds. The molecule has 91 valence electrons. The van der Waals surface area contributed by atoms with Gasteiger partial charge < -0.3 is 20.4 Å². The molecule has 0 spiro atoms. The van der Waals surface area contributed by atoms with Crippen molar-refractivity contribution < 1.29 is 59.5 Å². The monoisotopic (exact) mass is 253 g/mol. The third kappa shape index (κ3) is 4.59. The minimum absolute atomic E-state index is 0. The van der Waals surface area contributed by atoms with Gasteiger partial charge in [0.05, 0.1) is 14.2 Å². The number of hydrogen-bond donors (Lipinski definition) is 0. The van der Waals surface area contributed by atoms with E-state index in [1.165, 1.54) is 14.2 Å². The summed E-state index contributed by atoms with van der Waals surface area (Å²) < 4.78 is 19.5. The van der Waals surface area contributed by atoms with Crippen molar-refractivity contribution in [2.24, 2.45) is 0 Å². The van der Waals surface area contributed by atoms with Gasteiger partial charge >= 0.3 is 41.5 Å². The molecule has 1 aliphatic rings. The number of esters is 2. The summed E-state index contributed by atoms with van der Waals surface area (Å²) in [6, 6.07) is 0. The summed E-state index contributed by atoms with van der Waals surface area (Å²) in [6.45, 7) is 3.21. The maximum Gasteiger partial charge on any atom is 1.00 e. The quantitative estimate of drug-likeness (QED) is 0.377. The summed E-state index contributed by atoms with van der Waals surface area (Å²) in [5.74, 6) is -2.32. The molecular weight excluding hydrogens is 238 g/mol. The average molecular weight is 253 g/mol. The van der Waals surface area contributed by atoms with Crippen LogP contribution in [0.3, 0.4) is 0 Å². The van der Waals surface area contributed by atoms with Crippen LogP contribution in [-0.2, 0) is 28.5 Å². The second kappa shape index (κ2) is 7.38. The van der Waals surface area contributed by atoms with Crippen LogP contribution in [0.5, 0.6) is 0 Å². The van der Waals surface area contributed by atoms with E-state index in [0.717, 1.165) is 0 Å². The number of carbonyl (C=O) groups is 2. The molecule has 1 fully saturated rings. The first-order chi connectivity index (χ1) is 6.91. The Hall–Kier alpha value is -0.0751. The van der Waals surface area contributed by atoms with Gasteiger partial charge in [-0.3, -0.25) is 0 Å². The van der Waals surface area contributed by atoms with Crippen molar-refractivity contribution >= 4 is 20.4 Å². The first-order valence-electron chi connectivity index (χ1n) is 4.42. The fraction of sp³-hybridized carbons (Fsp3) is 0.778. The Kier molecular flexibility index (Phi) is 8.36. The third-order valence-electron chi connectivity index (χ3n) is 1.96. The van der Waals surface area contributed by atoms with Crippen molar-refractivity contribution in [1.29, 1.82) is 0 Å². The molecule has 0 aromatic rings. The SMILES string of the molecule is COC(=O)[C@@H]1OC(C)(C)O[C@H]1C(=O)OC.[B].[H-].[Na+]. The first kappa shape index (κ1) is 19.3. The van der Waals surface area contributed by atoms with Crippen LogP contribution >= 0.6 is 0 Å². The molecular formula is C9H15BNaO6. The van der Waals surface area contributed by atoms with E-state index in [1.807, 2.05) is 0 Å². The summed E-state index contributed by atoms with van der Waals surface area (Å²) in [4.78, 5) is 22.6. The zero-order valence-corrected chi connectivity index (χ0v) is 12.7. The first-order valence-corrected chi connectivity index (χ1v) is 4.42. The second-order valence-corrected chi connectivity index (χ2v) is 3.52. The summed E-state index contributed by atoms with van der Waals surface area (Å²) in [5.41, 5.74) is 0. The van der Waals surface area contributed by atoms with Gasteiger partial charge in [0.2, 0.25) is 0 Å². The minimum Gasteiger partial charge on any atom is -1.00 e. The van der Waals surface area contributed by atoms with Crippen molar-refractivity contribution in [3.8, 4) is 0 Å². The smallest absolute Gasteiger partial charge is 1.00 e. The Balaban J connectivity index is -0.000000750. The maximum absolute atomic E-state index is 11.3. The summed E-state index contributed by atoms with van der Waals surface area (Å²) in [7, 11) is 2.43. The van der Waals surface area contributed by atoms with E-state index < -0.39 is 29.9 Å². The maximum atomic E-state index is 11.3. The number of rotatable bonds is 2. The molecule has 1 heterocycles. The van der Waals surface area contributed by atoms with Crippen molar-refractivity contribution in [2.45, 2.75) is 31.8 Å². The van der Waals surface area contributed by atoms with Gasteiger partial charge in [0, 0.05) is 8.41 Å². The molecule has 0 bridgehead atoms. The molecule has 0 aromatic heterocycles. The predicted octanol–water partition coefficient (Wildman–Crippen LogP) is -3.41. The standard InChI is InChI=1S/C9H14O6.B.Na.H/c1-9(2)14-5(7(10)12-3)6(15-9)8(11)13-4;;;/h5-6H,1-4H3;;;/q;;+1;-1/t5-,6-;;;/m1.../s1. The molecule has 1 saturated heterocycles. The van der Waals surface area contributed by atoms with Gasteiger partial charge in [-0.1, -0.05) is 0 Å². The van der Waals surface area contributed by atoms with Crippen molar-refractivity contribution in [1.82, 2.24) is 0 Å². The summed E-state index contributed by atoms with van der Waals surface area (Å²) in [6.07, 6.45) is -2.14. The Labute approximate surface area is 126 Å². The number of hydrogen-bond acceptors (Lipinski definition) is 6. The van der Waals surface area contributed by atoms with E-state index in [4.69, 9.17) is 9.47 Å².